The minimum absolute atomic E-state index is 0.0112. The van der Waals surface area contributed by atoms with Gasteiger partial charge in [-0.1, -0.05) is 31.1 Å². The smallest absolute Gasteiger partial charge is 0.352 e. The van der Waals surface area contributed by atoms with E-state index in [4.69, 9.17) is 14.7 Å². The van der Waals surface area contributed by atoms with Gasteiger partial charge in [0.05, 0.1) is 23.8 Å². The lowest BCUT2D eigenvalue weighted by Crippen LogP contribution is -2.41. The van der Waals surface area contributed by atoms with Crippen molar-refractivity contribution < 1.29 is 38.6 Å². The zero-order valence-corrected chi connectivity index (χ0v) is 38.6. The normalized spacial score (nSPS) is 19.1. The van der Waals surface area contributed by atoms with E-state index >= 15 is 0 Å². The van der Waals surface area contributed by atoms with Crippen molar-refractivity contribution in [2.75, 3.05) is 13.7 Å². The number of hydrogen-bond donors (Lipinski definition) is 5. The summed E-state index contributed by atoms with van der Waals surface area (Å²) in [5.41, 5.74) is 7.48. The van der Waals surface area contributed by atoms with E-state index in [9.17, 15) is 38.7 Å². The number of esters is 1. The number of nitrogens with one attached hydrogen (secondary N) is 4. The Morgan fingerprint density at radius 1 is 0.910 bits per heavy atom. The predicted molar refractivity (Wildman–Crippen MR) is 243 cm³/mol. The van der Waals surface area contributed by atoms with Crippen molar-refractivity contribution in [3.05, 3.63) is 91.2 Å². The Kier molecular flexibility index (Phi) is 12.5. The number of aromatic nitrogens is 9. The number of aliphatic carboxylic acids is 1. The lowest BCUT2D eigenvalue weighted by Gasteiger charge is -2.19. The van der Waals surface area contributed by atoms with Gasteiger partial charge in [-0.25, -0.2) is 19.0 Å². The second kappa shape index (κ2) is 18.1. The van der Waals surface area contributed by atoms with Crippen LogP contribution in [0.5, 0.6) is 0 Å². The standard InChI is InChI=1S/C47H53N11O9/c1-9-25-20(2)28-18-33-36(24(6)59)22(4)30(50-33)16-29-21(3)26(40(51-29)38-39(45(65)67-8)42(61)37-23(5)31(52-41(37)38)17-32(25)49-28)12-10-14-35(60)48-15-11-13-27(44(63)64)53-43(62)34-19-58-46(54-34)55-56-57(7)47(58)66/h16-21,25-27,39,50,52H,9-15H2,1-8H3,(H,48,60)(H,53,62)(H,63,64)/t20-,21+,25-,26+,27?,39?/m0/s1. The third-order valence-corrected chi connectivity index (χ3v) is 13.6. The van der Waals surface area contributed by atoms with Crippen LogP contribution in [-0.2, 0) is 26.2 Å². The average molecular weight is 916 g/mol. The molecule has 20 nitrogen and oxygen atoms in total. The number of H-pyrrole nitrogens is 2. The van der Waals surface area contributed by atoms with Gasteiger partial charge in [0.25, 0.3) is 11.7 Å². The largest absolute Gasteiger partial charge is 0.480 e. The van der Waals surface area contributed by atoms with E-state index < -0.39 is 35.5 Å². The monoisotopic (exact) mass is 915 g/mol. The quantitative estimate of drug-likeness (QED) is 0.0431. The summed E-state index contributed by atoms with van der Waals surface area (Å²) in [4.78, 5) is 113. The fourth-order valence-corrected chi connectivity index (χ4v) is 9.92. The molecule has 7 heterocycles. The molecule has 0 saturated carbocycles. The third kappa shape index (κ3) is 8.28. The molecule has 0 spiro atoms. The molecule has 350 valence electrons. The first-order valence-corrected chi connectivity index (χ1v) is 22.4. The van der Waals surface area contributed by atoms with Gasteiger partial charge < -0.3 is 30.4 Å². The predicted octanol–water partition coefficient (Wildman–Crippen LogP) is 4.86. The van der Waals surface area contributed by atoms with Gasteiger partial charge in [-0.3, -0.25) is 33.9 Å². The average Bonchev–Trinajstić information content (AvgIpc) is 4.12. The molecule has 3 aliphatic rings. The SMILES string of the molecule is CC[C@@H]1c2cc3[nH]c4c(c3C)C(=O)C(C(=O)OC)c4c3nc(cc4[nH]c(cc(n2)[C@H]1C)c(C(C)=O)c4C)[C@H](C)[C@H]3CCCC(=O)NCCCC(NC(=O)c1cn2c(=O)n(C)nnc2n1)C(=O)O. The van der Waals surface area contributed by atoms with Crippen LogP contribution in [0.1, 0.15) is 166 Å². The lowest BCUT2D eigenvalue weighted by atomic mass is 9.83. The van der Waals surface area contributed by atoms with Crippen molar-refractivity contribution in [3.63, 3.8) is 0 Å². The van der Waals surface area contributed by atoms with Gasteiger partial charge in [0.1, 0.15) is 17.7 Å². The van der Waals surface area contributed by atoms with E-state index in [2.05, 4.69) is 49.7 Å². The molecule has 0 radical (unpaired) electrons. The highest BCUT2D eigenvalue weighted by Gasteiger charge is 2.45. The summed E-state index contributed by atoms with van der Waals surface area (Å²) in [5.74, 6) is -5.41. The highest BCUT2D eigenvalue weighted by molar-refractivity contribution is 6.23. The first kappa shape index (κ1) is 46.2. The van der Waals surface area contributed by atoms with Crippen molar-refractivity contribution >= 4 is 63.2 Å². The molecule has 67 heavy (non-hydrogen) atoms. The van der Waals surface area contributed by atoms with Crippen molar-refractivity contribution in [3.8, 4) is 0 Å². The fourth-order valence-electron chi connectivity index (χ4n) is 9.92. The van der Waals surface area contributed by atoms with Gasteiger partial charge in [0, 0.05) is 94.7 Å². The van der Waals surface area contributed by atoms with Gasteiger partial charge in [-0.15, -0.1) is 0 Å². The molecule has 8 bridgehead atoms. The van der Waals surface area contributed by atoms with Crippen molar-refractivity contribution in [2.45, 2.75) is 116 Å². The summed E-state index contributed by atoms with van der Waals surface area (Å²) >= 11 is 0. The second-order valence-corrected chi connectivity index (χ2v) is 17.7. The topological polar surface area (TPSA) is 278 Å². The van der Waals surface area contributed by atoms with Crippen LogP contribution in [0, 0.1) is 13.8 Å². The molecule has 6 atom stereocenters. The van der Waals surface area contributed by atoms with Crippen LogP contribution in [-0.4, -0.2) is 104 Å². The van der Waals surface area contributed by atoms with Crippen molar-refractivity contribution in [1.82, 2.24) is 54.9 Å². The molecular weight excluding hydrogens is 863 g/mol. The second-order valence-electron chi connectivity index (χ2n) is 17.7. The van der Waals surface area contributed by atoms with E-state index in [-0.39, 0.29) is 78.4 Å². The van der Waals surface area contributed by atoms with Crippen molar-refractivity contribution in [1.29, 1.82) is 0 Å². The Hall–Kier alpha value is -7.38. The van der Waals surface area contributed by atoms with E-state index in [1.54, 1.807) is 6.92 Å². The van der Waals surface area contributed by atoms with Gasteiger partial charge in [0.15, 0.2) is 11.6 Å². The molecule has 8 rings (SSSR count). The Balaban J connectivity index is 1.06. The number of nitrogens with zero attached hydrogens (tertiary/aromatic N) is 7. The van der Waals surface area contributed by atoms with Gasteiger partial charge in [-0.2, -0.15) is 4.68 Å². The van der Waals surface area contributed by atoms with Crippen LogP contribution < -0.4 is 16.3 Å². The van der Waals surface area contributed by atoms with E-state index in [1.165, 1.54) is 14.2 Å². The van der Waals surface area contributed by atoms with Gasteiger partial charge in [0.2, 0.25) is 5.91 Å². The molecule has 20 heteroatoms. The number of carboxylic acids is 1. The minimum atomic E-state index is -1.31. The molecule has 0 saturated heterocycles. The number of methoxy groups -OCH3 is 1. The summed E-state index contributed by atoms with van der Waals surface area (Å²) < 4.78 is 7.23. The van der Waals surface area contributed by atoms with Gasteiger partial charge >= 0.3 is 17.6 Å². The molecule has 5 N–H and O–H groups in total. The van der Waals surface area contributed by atoms with E-state index in [0.717, 1.165) is 38.7 Å². The highest BCUT2D eigenvalue weighted by atomic mass is 16.5. The number of imidazole rings is 1. The van der Waals surface area contributed by atoms with E-state index in [1.807, 2.05) is 39.0 Å². The molecule has 5 aromatic heterocycles. The maximum absolute atomic E-state index is 14.4. The number of rotatable bonds is 14. The summed E-state index contributed by atoms with van der Waals surface area (Å²) in [7, 11) is 2.63. The van der Waals surface area contributed by atoms with Crippen LogP contribution in [0.15, 0.2) is 29.2 Å². The number of fused-ring (bicyclic) bond motifs is 9. The Bertz CT molecular complexity index is 3140. The number of amides is 2. The summed E-state index contributed by atoms with van der Waals surface area (Å²) in [5, 5.41) is 22.5. The van der Waals surface area contributed by atoms with Crippen molar-refractivity contribution in [2.24, 2.45) is 7.05 Å². The maximum atomic E-state index is 14.4. The Morgan fingerprint density at radius 2 is 1.60 bits per heavy atom. The fraction of sp³-hybridized carbons (Fsp3) is 0.447. The number of carbonyl (C=O) groups is 6. The lowest BCUT2D eigenvalue weighted by molar-refractivity contribution is -0.141. The van der Waals surface area contributed by atoms with E-state index in [0.29, 0.717) is 68.6 Å². The number of aryl methyl sites for hydroxylation is 3. The van der Waals surface area contributed by atoms with Crippen LogP contribution >= 0.6 is 0 Å². The molecule has 2 unspecified atom stereocenters. The number of ketones is 2. The number of Topliss-reactive ketones (excluding diaryl/α,β-unsaturated/α-hetero) is 2. The third-order valence-electron chi connectivity index (χ3n) is 13.6. The minimum Gasteiger partial charge on any atom is -0.480 e. The summed E-state index contributed by atoms with van der Waals surface area (Å²) in [6.45, 7) is 11.7. The maximum Gasteiger partial charge on any atom is 0.352 e. The molecule has 0 aromatic carbocycles. The first-order valence-electron chi connectivity index (χ1n) is 22.4. The number of carbonyl (C=O) groups excluding carboxylic acids is 5. The van der Waals surface area contributed by atoms with Crippen LogP contribution in [0.25, 0.3) is 27.8 Å². The molecule has 1 aliphatic carbocycles. The zero-order chi connectivity index (χ0) is 48.2. The molecule has 5 aromatic rings. The molecule has 2 amide bonds. The summed E-state index contributed by atoms with van der Waals surface area (Å²) in [6.07, 6.45) is 3.13. The Labute approximate surface area is 383 Å². The van der Waals surface area contributed by atoms with Crippen LogP contribution in [0.4, 0.5) is 0 Å². The molecular formula is C47H53N11O9. The molecule has 2 aliphatic heterocycles. The zero-order valence-electron chi connectivity index (χ0n) is 38.6. The highest BCUT2D eigenvalue weighted by Crippen LogP contribution is 2.48. The van der Waals surface area contributed by atoms with Crippen LogP contribution in [0.3, 0.4) is 0 Å². The summed E-state index contributed by atoms with van der Waals surface area (Å²) in [6, 6.07) is 4.54. The molecule has 0 fully saturated rings. The number of hydrogen-bond acceptors (Lipinski definition) is 13. The first-order chi connectivity index (χ1) is 31.9. The van der Waals surface area contributed by atoms with Gasteiger partial charge in [-0.05, 0) is 82.2 Å². The number of carboxylic acid groups (broad SMARTS) is 1. The Morgan fingerprint density at radius 3 is 2.30 bits per heavy atom. The van der Waals surface area contributed by atoms with Crippen LogP contribution in [0.2, 0.25) is 0 Å². The number of ether oxygens (including phenoxy) is 1. The number of aromatic amines is 2.